The highest BCUT2D eigenvalue weighted by molar-refractivity contribution is 5.97. The minimum absolute atomic E-state index is 0.144. The van der Waals surface area contributed by atoms with Crippen molar-refractivity contribution in [2.24, 2.45) is 5.73 Å². The fraction of sp³-hybridized carbons (Fsp3) is 0.474. The van der Waals surface area contributed by atoms with Gasteiger partial charge in [0.05, 0.1) is 11.2 Å². The number of hydrogen-bond donors (Lipinski definition) is 2. The van der Waals surface area contributed by atoms with Crippen LogP contribution in [0.3, 0.4) is 0 Å². The topological polar surface area (TPSA) is 72.9 Å². The number of aryl methyl sites for hydroxylation is 2. The van der Waals surface area contributed by atoms with Crippen molar-refractivity contribution in [1.29, 1.82) is 0 Å². The Hall–Kier alpha value is -2.14. The van der Waals surface area contributed by atoms with Crippen LogP contribution in [-0.2, 0) is 17.8 Å². The van der Waals surface area contributed by atoms with Gasteiger partial charge < -0.3 is 15.6 Å². The first-order chi connectivity index (χ1) is 11.5. The number of carbonyl (C=O) groups excluding carboxylic acids is 1. The molecule has 0 saturated carbocycles. The molecule has 0 radical (unpaired) electrons. The lowest BCUT2D eigenvalue weighted by molar-refractivity contribution is -0.120. The number of hydrogen-bond acceptors (Lipinski definition) is 3. The Morgan fingerprint density at radius 1 is 1.33 bits per heavy atom. The van der Waals surface area contributed by atoms with Crippen molar-refractivity contribution in [2.45, 2.75) is 58.0 Å². The van der Waals surface area contributed by atoms with Gasteiger partial charge in [-0.05, 0) is 38.3 Å². The summed E-state index contributed by atoms with van der Waals surface area (Å²) >= 11 is 0. The normalized spacial score (nSPS) is 16.3. The monoisotopic (exact) mass is 326 g/mol. The molecule has 2 aromatic rings. The van der Waals surface area contributed by atoms with E-state index in [0.29, 0.717) is 6.42 Å². The summed E-state index contributed by atoms with van der Waals surface area (Å²) in [5, 5.41) is 2.91. The smallest absolute Gasteiger partial charge is 0.244 e. The third-order valence-corrected chi connectivity index (χ3v) is 4.64. The molecule has 1 aliphatic rings. The lowest BCUT2D eigenvalue weighted by Crippen LogP contribution is -2.48. The van der Waals surface area contributed by atoms with E-state index in [9.17, 15) is 4.79 Å². The minimum Gasteiger partial charge on any atom is -0.334 e. The summed E-state index contributed by atoms with van der Waals surface area (Å²) in [6.07, 6.45) is 7.17. The molecule has 1 atom stereocenters. The van der Waals surface area contributed by atoms with Crippen LogP contribution in [0, 0.1) is 0 Å². The molecule has 0 saturated heterocycles. The fourth-order valence-corrected chi connectivity index (χ4v) is 3.18. The van der Waals surface area contributed by atoms with Crippen molar-refractivity contribution in [1.82, 2.24) is 9.55 Å². The van der Waals surface area contributed by atoms with Gasteiger partial charge in [-0.15, -0.1) is 0 Å². The molecular formula is C19H26N4O. The number of anilines is 1. The third kappa shape index (κ3) is 3.51. The van der Waals surface area contributed by atoms with Crippen LogP contribution in [0.5, 0.6) is 0 Å². The average molecular weight is 326 g/mol. The van der Waals surface area contributed by atoms with Gasteiger partial charge in [0, 0.05) is 30.4 Å². The predicted octanol–water partition coefficient (Wildman–Crippen LogP) is 3.34. The number of amides is 1. The summed E-state index contributed by atoms with van der Waals surface area (Å²) in [5.74, 6) is 1.03. The fourth-order valence-electron chi connectivity index (χ4n) is 3.18. The number of aromatic nitrogens is 2. The van der Waals surface area contributed by atoms with Gasteiger partial charge in [0.1, 0.15) is 5.82 Å². The molecule has 0 spiro atoms. The molecule has 1 aromatic carbocycles. The number of fused-ring (bicyclic) bond motifs is 1. The number of imidazole rings is 1. The second-order valence-electron chi connectivity index (χ2n) is 6.89. The van der Waals surface area contributed by atoms with Gasteiger partial charge in [0.25, 0.3) is 0 Å². The summed E-state index contributed by atoms with van der Waals surface area (Å²) in [7, 11) is 0. The van der Waals surface area contributed by atoms with Gasteiger partial charge in [-0.1, -0.05) is 25.5 Å². The molecule has 1 aliphatic heterocycles. The van der Waals surface area contributed by atoms with E-state index >= 15 is 0 Å². The molecule has 5 heteroatoms. The largest absolute Gasteiger partial charge is 0.334 e. The van der Waals surface area contributed by atoms with Crippen molar-refractivity contribution in [2.75, 3.05) is 5.32 Å². The summed E-state index contributed by atoms with van der Waals surface area (Å²) in [5.41, 5.74) is 8.07. The molecule has 1 amide bonds. The molecule has 0 fully saturated rings. The molecule has 1 unspecified atom stereocenters. The van der Waals surface area contributed by atoms with Crippen LogP contribution in [0.15, 0.2) is 30.5 Å². The molecule has 0 bridgehead atoms. The zero-order valence-electron chi connectivity index (χ0n) is 14.5. The second kappa shape index (κ2) is 6.77. The lowest BCUT2D eigenvalue weighted by Gasteiger charge is -2.22. The van der Waals surface area contributed by atoms with Crippen LogP contribution in [-0.4, -0.2) is 21.0 Å². The van der Waals surface area contributed by atoms with Gasteiger partial charge in [-0.3, -0.25) is 4.79 Å². The SMILES string of the molecule is CCCC(C)(N)C(=O)Nc1ccc(-c2cn3c(n2)CCCC3)cc1. The number of benzene rings is 1. The van der Waals surface area contributed by atoms with Gasteiger partial charge in [-0.25, -0.2) is 4.98 Å². The van der Waals surface area contributed by atoms with Crippen LogP contribution in [0.1, 0.15) is 45.4 Å². The Morgan fingerprint density at radius 3 is 2.75 bits per heavy atom. The van der Waals surface area contributed by atoms with Gasteiger partial charge in [-0.2, -0.15) is 0 Å². The summed E-state index contributed by atoms with van der Waals surface area (Å²) in [4.78, 5) is 17.0. The number of carbonyl (C=O) groups is 1. The van der Waals surface area contributed by atoms with Crippen LogP contribution in [0.4, 0.5) is 5.69 Å². The Kier molecular flexibility index (Phi) is 4.71. The van der Waals surface area contributed by atoms with E-state index in [0.717, 1.165) is 36.3 Å². The van der Waals surface area contributed by atoms with E-state index in [1.807, 2.05) is 31.2 Å². The number of rotatable bonds is 5. The van der Waals surface area contributed by atoms with Gasteiger partial charge >= 0.3 is 0 Å². The van der Waals surface area contributed by atoms with Gasteiger partial charge in [0.2, 0.25) is 5.91 Å². The molecule has 0 aliphatic carbocycles. The number of nitrogens with two attached hydrogens (primary N) is 1. The minimum atomic E-state index is -0.837. The quantitative estimate of drug-likeness (QED) is 0.885. The predicted molar refractivity (Wildman–Crippen MR) is 96.7 cm³/mol. The number of nitrogens with one attached hydrogen (secondary N) is 1. The van der Waals surface area contributed by atoms with E-state index in [-0.39, 0.29) is 5.91 Å². The zero-order valence-corrected chi connectivity index (χ0v) is 14.5. The maximum atomic E-state index is 12.3. The van der Waals surface area contributed by atoms with E-state index < -0.39 is 5.54 Å². The Labute approximate surface area is 143 Å². The second-order valence-corrected chi connectivity index (χ2v) is 6.89. The average Bonchev–Trinajstić information content (AvgIpc) is 2.99. The van der Waals surface area contributed by atoms with Crippen LogP contribution < -0.4 is 11.1 Å². The molecule has 2 heterocycles. The van der Waals surface area contributed by atoms with Crippen molar-refractivity contribution in [3.8, 4) is 11.3 Å². The van der Waals surface area contributed by atoms with E-state index in [1.54, 1.807) is 6.92 Å². The summed E-state index contributed by atoms with van der Waals surface area (Å²) in [6, 6.07) is 7.82. The summed E-state index contributed by atoms with van der Waals surface area (Å²) < 4.78 is 2.25. The van der Waals surface area contributed by atoms with E-state index in [4.69, 9.17) is 10.7 Å². The van der Waals surface area contributed by atoms with Crippen molar-refractivity contribution < 1.29 is 4.79 Å². The summed E-state index contributed by atoms with van der Waals surface area (Å²) in [6.45, 7) is 4.86. The molecule has 24 heavy (non-hydrogen) atoms. The van der Waals surface area contributed by atoms with Crippen LogP contribution in [0.25, 0.3) is 11.3 Å². The molecule has 3 N–H and O–H groups in total. The van der Waals surface area contributed by atoms with Crippen LogP contribution >= 0.6 is 0 Å². The highest BCUT2D eigenvalue weighted by atomic mass is 16.2. The highest BCUT2D eigenvalue weighted by Crippen LogP contribution is 2.24. The Bertz CT molecular complexity index is 692. The van der Waals surface area contributed by atoms with E-state index in [2.05, 4.69) is 16.1 Å². The highest BCUT2D eigenvalue weighted by Gasteiger charge is 2.27. The maximum absolute atomic E-state index is 12.3. The van der Waals surface area contributed by atoms with Crippen molar-refractivity contribution in [3.63, 3.8) is 0 Å². The van der Waals surface area contributed by atoms with Crippen molar-refractivity contribution >= 4 is 11.6 Å². The Balaban J connectivity index is 1.71. The molecule has 1 aromatic heterocycles. The standard InChI is InChI=1S/C19H26N4O/c1-3-11-19(2,20)18(24)21-15-9-7-14(8-10-15)16-13-23-12-5-4-6-17(23)22-16/h7-10,13H,3-6,11-12,20H2,1-2H3,(H,21,24). The number of nitrogens with zero attached hydrogens (tertiary/aromatic N) is 2. The van der Waals surface area contributed by atoms with E-state index in [1.165, 1.54) is 18.7 Å². The molecule has 5 nitrogen and oxygen atoms in total. The lowest BCUT2D eigenvalue weighted by atomic mass is 9.96. The third-order valence-electron chi connectivity index (χ3n) is 4.64. The first kappa shape index (κ1) is 16.7. The molecule has 3 rings (SSSR count). The zero-order chi connectivity index (χ0) is 17.2. The van der Waals surface area contributed by atoms with Crippen LogP contribution in [0.2, 0.25) is 0 Å². The Morgan fingerprint density at radius 2 is 2.08 bits per heavy atom. The maximum Gasteiger partial charge on any atom is 0.244 e. The first-order valence-electron chi connectivity index (χ1n) is 8.76. The molecule has 128 valence electrons. The van der Waals surface area contributed by atoms with Gasteiger partial charge in [0.15, 0.2) is 0 Å². The molecular weight excluding hydrogens is 300 g/mol. The first-order valence-corrected chi connectivity index (χ1v) is 8.76. The van der Waals surface area contributed by atoms with Crippen molar-refractivity contribution in [3.05, 3.63) is 36.3 Å².